The predicted molar refractivity (Wildman–Crippen MR) is 88.2 cm³/mol. The van der Waals surface area contributed by atoms with Crippen molar-refractivity contribution in [1.29, 1.82) is 0 Å². The average molecular weight is 326 g/mol. The van der Waals surface area contributed by atoms with E-state index in [1.165, 1.54) is 18.9 Å². The number of nitrogens with one attached hydrogen (secondary N) is 1. The van der Waals surface area contributed by atoms with Gasteiger partial charge in [-0.15, -0.1) is 5.10 Å². The van der Waals surface area contributed by atoms with Gasteiger partial charge in [-0.3, -0.25) is 15.0 Å². The van der Waals surface area contributed by atoms with Crippen LogP contribution < -0.4 is 10.3 Å². The van der Waals surface area contributed by atoms with Crippen LogP contribution in [0.5, 0.6) is 0 Å². The molecule has 1 fully saturated rings. The molecule has 0 aromatic carbocycles. The molecule has 0 bridgehead atoms. The van der Waals surface area contributed by atoms with Gasteiger partial charge in [-0.2, -0.15) is 9.99 Å². The lowest BCUT2D eigenvalue weighted by atomic mass is 10.3. The van der Waals surface area contributed by atoms with Crippen LogP contribution in [0.4, 0.5) is 11.8 Å². The zero-order valence-corrected chi connectivity index (χ0v) is 13.6. The highest BCUT2D eigenvalue weighted by Crippen LogP contribution is 2.30. The molecule has 2 aromatic rings. The van der Waals surface area contributed by atoms with E-state index in [-0.39, 0.29) is 5.91 Å². The van der Waals surface area contributed by atoms with Gasteiger partial charge in [0.05, 0.1) is 0 Å². The molecule has 0 atom stereocenters. The SMILES string of the molecule is CC1=CC(=O)N(Nc2nc(N(C)CC3CC3)nn3cccc23)C1=O. The first-order valence-electron chi connectivity index (χ1n) is 7.93. The van der Waals surface area contributed by atoms with Crippen LogP contribution in [0.15, 0.2) is 30.0 Å². The zero-order valence-electron chi connectivity index (χ0n) is 13.6. The third-order valence-corrected chi connectivity index (χ3v) is 4.27. The molecule has 1 aliphatic carbocycles. The van der Waals surface area contributed by atoms with E-state index >= 15 is 0 Å². The maximum Gasteiger partial charge on any atom is 0.275 e. The van der Waals surface area contributed by atoms with E-state index in [0.717, 1.165) is 11.6 Å². The molecule has 2 amide bonds. The van der Waals surface area contributed by atoms with Crippen LogP contribution in [0.25, 0.3) is 5.52 Å². The molecule has 0 radical (unpaired) electrons. The Balaban J connectivity index is 1.67. The second-order valence-corrected chi connectivity index (χ2v) is 6.34. The molecule has 1 N–H and O–H groups in total. The number of hydrogen-bond acceptors (Lipinski definition) is 6. The van der Waals surface area contributed by atoms with Gasteiger partial charge in [0, 0.05) is 31.4 Å². The lowest BCUT2D eigenvalue weighted by molar-refractivity contribution is -0.135. The summed E-state index contributed by atoms with van der Waals surface area (Å²) in [5.41, 5.74) is 3.95. The number of carbonyl (C=O) groups excluding carboxylic acids is 2. The fourth-order valence-electron chi connectivity index (χ4n) is 2.74. The molecular formula is C16H18N6O2. The Morgan fingerprint density at radius 2 is 2.17 bits per heavy atom. The van der Waals surface area contributed by atoms with Crippen molar-refractivity contribution in [2.24, 2.45) is 5.92 Å². The van der Waals surface area contributed by atoms with Gasteiger partial charge in [0.1, 0.15) is 5.52 Å². The van der Waals surface area contributed by atoms with Gasteiger partial charge in [-0.05, 0) is 37.8 Å². The number of nitrogens with zero attached hydrogens (tertiary/aromatic N) is 5. The van der Waals surface area contributed by atoms with Gasteiger partial charge < -0.3 is 4.90 Å². The summed E-state index contributed by atoms with van der Waals surface area (Å²) >= 11 is 0. The molecule has 2 aromatic heterocycles. The lowest BCUT2D eigenvalue weighted by Gasteiger charge is -2.20. The third-order valence-electron chi connectivity index (χ3n) is 4.27. The van der Waals surface area contributed by atoms with Crippen LogP contribution in [0.3, 0.4) is 0 Å². The largest absolute Gasteiger partial charge is 0.342 e. The molecule has 0 spiro atoms. The van der Waals surface area contributed by atoms with Crippen molar-refractivity contribution in [2.75, 3.05) is 23.9 Å². The van der Waals surface area contributed by atoms with E-state index in [0.29, 0.717) is 28.8 Å². The fourth-order valence-corrected chi connectivity index (χ4v) is 2.74. The van der Waals surface area contributed by atoms with E-state index in [2.05, 4.69) is 15.5 Å². The standard InChI is InChI=1S/C16H18N6O2/c1-10-8-13(23)22(15(10)24)18-14-12-4-3-7-21(12)19-16(17-14)20(2)9-11-5-6-11/h3-4,7-8,11H,5-6,9H2,1-2H3,(H,17,18,19). The minimum absolute atomic E-state index is 0.365. The van der Waals surface area contributed by atoms with E-state index in [1.807, 2.05) is 30.3 Å². The van der Waals surface area contributed by atoms with Crippen molar-refractivity contribution in [2.45, 2.75) is 19.8 Å². The number of hydrogen-bond donors (Lipinski definition) is 1. The van der Waals surface area contributed by atoms with Crippen LogP contribution in [0.1, 0.15) is 19.8 Å². The Morgan fingerprint density at radius 1 is 1.38 bits per heavy atom. The Kier molecular flexibility index (Phi) is 3.26. The van der Waals surface area contributed by atoms with Gasteiger partial charge in [0.15, 0.2) is 5.82 Å². The normalized spacial score (nSPS) is 17.6. The van der Waals surface area contributed by atoms with E-state index in [9.17, 15) is 9.59 Å². The van der Waals surface area contributed by atoms with Crippen molar-refractivity contribution in [3.05, 3.63) is 30.0 Å². The van der Waals surface area contributed by atoms with Gasteiger partial charge in [0.2, 0.25) is 5.95 Å². The topological polar surface area (TPSA) is 82.8 Å². The highest BCUT2D eigenvalue weighted by atomic mass is 16.2. The first-order chi connectivity index (χ1) is 11.5. The summed E-state index contributed by atoms with van der Waals surface area (Å²) in [6, 6.07) is 3.68. The average Bonchev–Trinajstić information content (AvgIpc) is 3.17. The number of anilines is 2. The van der Waals surface area contributed by atoms with Crippen LogP contribution in [0.2, 0.25) is 0 Å². The van der Waals surface area contributed by atoms with Crippen molar-refractivity contribution >= 4 is 29.1 Å². The first kappa shape index (κ1) is 14.7. The Morgan fingerprint density at radius 3 is 2.83 bits per heavy atom. The van der Waals surface area contributed by atoms with Crippen molar-refractivity contribution in [1.82, 2.24) is 19.6 Å². The number of aromatic nitrogens is 3. The van der Waals surface area contributed by atoms with E-state index in [4.69, 9.17) is 0 Å². The minimum atomic E-state index is -0.395. The van der Waals surface area contributed by atoms with Crippen LogP contribution in [0, 0.1) is 5.92 Å². The van der Waals surface area contributed by atoms with E-state index < -0.39 is 5.91 Å². The molecule has 8 nitrogen and oxygen atoms in total. The highest BCUT2D eigenvalue weighted by Gasteiger charge is 2.30. The molecule has 3 heterocycles. The van der Waals surface area contributed by atoms with Gasteiger partial charge in [0.25, 0.3) is 11.8 Å². The summed E-state index contributed by atoms with van der Waals surface area (Å²) in [5, 5.41) is 5.48. The summed E-state index contributed by atoms with van der Waals surface area (Å²) in [7, 11) is 1.95. The molecule has 24 heavy (non-hydrogen) atoms. The van der Waals surface area contributed by atoms with Crippen LogP contribution in [-0.2, 0) is 9.59 Å². The second kappa shape index (κ2) is 5.33. The maximum atomic E-state index is 12.1. The Hall–Kier alpha value is -2.90. The molecule has 1 saturated carbocycles. The number of hydrazine groups is 1. The summed E-state index contributed by atoms with van der Waals surface area (Å²) < 4.78 is 1.69. The maximum absolute atomic E-state index is 12.1. The van der Waals surface area contributed by atoms with Gasteiger partial charge in [-0.25, -0.2) is 4.52 Å². The summed E-state index contributed by atoms with van der Waals surface area (Å²) in [5.74, 6) is 0.920. The number of carbonyl (C=O) groups is 2. The quantitative estimate of drug-likeness (QED) is 0.832. The zero-order chi connectivity index (χ0) is 16.8. The number of amides is 2. The number of rotatable bonds is 5. The Bertz CT molecular complexity index is 867. The smallest absolute Gasteiger partial charge is 0.275 e. The molecular weight excluding hydrogens is 308 g/mol. The summed E-state index contributed by atoms with van der Waals surface area (Å²) in [4.78, 5) is 30.6. The van der Waals surface area contributed by atoms with Gasteiger partial charge >= 0.3 is 0 Å². The highest BCUT2D eigenvalue weighted by molar-refractivity contribution is 6.16. The van der Waals surface area contributed by atoms with Crippen molar-refractivity contribution < 1.29 is 9.59 Å². The predicted octanol–water partition coefficient (Wildman–Crippen LogP) is 1.22. The molecule has 2 aliphatic rings. The molecule has 124 valence electrons. The van der Waals surface area contributed by atoms with Crippen molar-refractivity contribution in [3.63, 3.8) is 0 Å². The lowest BCUT2D eigenvalue weighted by Crippen LogP contribution is -2.37. The molecule has 1 aliphatic heterocycles. The Labute approximate surface area is 138 Å². The van der Waals surface area contributed by atoms with Gasteiger partial charge in [-0.1, -0.05) is 0 Å². The van der Waals surface area contributed by atoms with E-state index in [1.54, 1.807) is 11.4 Å². The first-order valence-corrected chi connectivity index (χ1v) is 7.93. The minimum Gasteiger partial charge on any atom is -0.342 e. The molecule has 0 unspecified atom stereocenters. The summed E-state index contributed by atoms with van der Waals surface area (Å²) in [6.45, 7) is 2.51. The van der Waals surface area contributed by atoms with Crippen LogP contribution in [-0.4, -0.2) is 45.0 Å². The molecule has 4 rings (SSSR count). The monoisotopic (exact) mass is 326 g/mol. The second-order valence-electron chi connectivity index (χ2n) is 6.34. The molecule has 0 saturated heterocycles. The van der Waals surface area contributed by atoms with Crippen LogP contribution >= 0.6 is 0 Å². The molecule has 8 heteroatoms. The summed E-state index contributed by atoms with van der Waals surface area (Å²) in [6.07, 6.45) is 5.60. The fraction of sp³-hybridized carbons (Fsp3) is 0.375. The van der Waals surface area contributed by atoms with Crippen molar-refractivity contribution in [3.8, 4) is 0 Å². The number of fused-ring (bicyclic) bond motifs is 1. The third kappa shape index (κ3) is 2.49. The number of imide groups is 1.